The van der Waals surface area contributed by atoms with Crippen molar-refractivity contribution in [2.24, 2.45) is 0 Å². The number of rotatable bonds is 1. The molecular formula is C17H14N2OS. The van der Waals surface area contributed by atoms with E-state index < -0.39 is 0 Å². The Bertz CT molecular complexity index is 849. The van der Waals surface area contributed by atoms with Gasteiger partial charge in [-0.15, -0.1) is 11.3 Å². The number of benzene rings is 1. The summed E-state index contributed by atoms with van der Waals surface area (Å²) < 4.78 is 1.51. The van der Waals surface area contributed by atoms with Gasteiger partial charge in [-0.1, -0.05) is 18.2 Å². The van der Waals surface area contributed by atoms with E-state index in [-0.39, 0.29) is 5.56 Å². The molecule has 3 nitrogen and oxygen atoms in total. The highest BCUT2D eigenvalue weighted by atomic mass is 32.1. The maximum atomic E-state index is 12.4. The van der Waals surface area contributed by atoms with Crippen LogP contribution in [-0.4, -0.2) is 9.78 Å². The van der Waals surface area contributed by atoms with Crippen molar-refractivity contribution in [3.05, 3.63) is 68.6 Å². The third-order valence-corrected chi connectivity index (χ3v) is 4.84. The van der Waals surface area contributed by atoms with Gasteiger partial charge in [-0.25, -0.2) is 0 Å². The van der Waals surface area contributed by atoms with Crippen LogP contribution in [-0.2, 0) is 12.8 Å². The first kappa shape index (κ1) is 12.5. The SMILES string of the molecule is O=c1cc2c(nn1-c1ccccc1)-c1ccsc1CCC2. The van der Waals surface area contributed by atoms with E-state index in [0.717, 1.165) is 36.2 Å². The van der Waals surface area contributed by atoms with Gasteiger partial charge in [-0.2, -0.15) is 9.78 Å². The van der Waals surface area contributed by atoms with Crippen molar-refractivity contribution in [1.29, 1.82) is 0 Å². The van der Waals surface area contributed by atoms with Gasteiger partial charge in [0.1, 0.15) is 0 Å². The Morgan fingerprint density at radius 2 is 1.95 bits per heavy atom. The molecule has 0 fully saturated rings. The normalized spacial score (nSPS) is 13.3. The number of fused-ring (bicyclic) bond motifs is 3. The van der Waals surface area contributed by atoms with Gasteiger partial charge in [0.2, 0.25) is 0 Å². The molecule has 0 N–H and O–H groups in total. The summed E-state index contributed by atoms with van der Waals surface area (Å²) in [5.41, 5.74) is 3.98. The van der Waals surface area contributed by atoms with Gasteiger partial charge in [-0.3, -0.25) is 4.79 Å². The van der Waals surface area contributed by atoms with Crippen molar-refractivity contribution < 1.29 is 0 Å². The topological polar surface area (TPSA) is 34.9 Å². The number of para-hydroxylation sites is 1. The van der Waals surface area contributed by atoms with Gasteiger partial charge in [0, 0.05) is 16.5 Å². The van der Waals surface area contributed by atoms with Crippen LogP contribution in [0, 0.1) is 0 Å². The van der Waals surface area contributed by atoms with E-state index in [1.807, 2.05) is 30.3 Å². The number of aromatic nitrogens is 2. The highest BCUT2D eigenvalue weighted by Crippen LogP contribution is 2.33. The minimum absolute atomic E-state index is 0.0568. The van der Waals surface area contributed by atoms with Crippen LogP contribution >= 0.6 is 11.3 Å². The van der Waals surface area contributed by atoms with E-state index in [9.17, 15) is 4.79 Å². The monoisotopic (exact) mass is 294 g/mol. The third-order valence-electron chi connectivity index (χ3n) is 3.86. The summed E-state index contributed by atoms with van der Waals surface area (Å²) in [6, 6.07) is 13.5. The maximum Gasteiger partial charge on any atom is 0.271 e. The van der Waals surface area contributed by atoms with Crippen LogP contribution in [0.15, 0.2) is 52.6 Å². The van der Waals surface area contributed by atoms with Crippen molar-refractivity contribution >= 4 is 11.3 Å². The van der Waals surface area contributed by atoms with E-state index in [1.165, 1.54) is 15.1 Å². The summed E-state index contributed by atoms with van der Waals surface area (Å²) in [6.07, 6.45) is 3.08. The fraction of sp³-hybridized carbons (Fsp3) is 0.176. The molecule has 4 heteroatoms. The van der Waals surface area contributed by atoms with Crippen LogP contribution in [0.5, 0.6) is 0 Å². The maximum absolute atomic E-state index is 12.4. The van der Waals surface area contributed by atoms with Gasteiger partial charge in [0.25, 0.3) is 5.56 Å². The molecule has 21 heavy (non-hydrogen) atoms. The largest absolute Gasteiger partial charge is 0.271 e. The number of nitrogens with zero attached hydrogens (tertiary/aromatic N) is 2. The summed E-state index contributed by atoms with van der Waals surface area (Å²) in [5.74, 6) is 0. The zero-order valence-electron chi connectivity index (χ0n) is 11.5. The lowest BCUT2D eigenvalue weighted by atomic mass is 10.1. The number of hydrogen-bond acceptors (Lipinski definition) is 3. The predicted octanol–water partition coefficient (Wildman–Crippen LogP) is 3.45. The summed E-state index contributed by atoms with van der Waals surface area (Å²) in [7, 11) is 0. The van der Waals surface area contributed by atoms with Crippen LogP contribution in [0.25, 0.3) is 16.9 Å². The molecule has 0 spiro atoms. The molecule has 3 aromatic rings. The molecule has 0 unspecified atom stereocenters. The zero-order chi connectivity index (χ0) is 14.2. The average Bonchev–Trinajstić information content (AvgIpc) is 2.90. The van der Waals surface area contributed by atoms with Crippen molar-refractivity contribution in [1.82, 2.24) is 9.78 Å². The number of aryl methyl sites for hydroxylation is 2. The molecule has 0 radical (unpaired) electrons. The fourth-order valence-electron chi connectivity index (χ4n) is 2.85. The number of thiophene rings is 1. The molecule has 4 rings (SSSR count). The Morgan fingerprint density at radius 1 is 1.10 bits per heavy atom. The van der Waals surface area contributed by atoms with Crippen LogP contribution < -0.4 is 5.56 Å². The van der Waals surface area contributed by atoms with Gasteiger partial charge >= 0.3 is 0 Å². The molecule has 104 valence electrons. The lowest BCUT2D eigenvalue weighted by molar-refractivity contribution is 0.786. The highest BCUT2D eigenvalue weighted by molar-refractivity contribution is 7.10. The van der Waals surface area contributed by atoms with E-state index >= 15 is 0 Å². The average molecular weight is 294 g/mol. The quantitative estimate of drug-likeness (QED) is 0.689. The molecule has 0 atom stereocenters. The van der Waals surface area contributed by atoms with Crippen molar-refractivity contribution in [3.8, 4) is 16.9 Å². The minimum Gasteiger partial charge on any atom is -0.267 e. The highest BCUT2D eigenvalue weighted by Gasteiger charge is 2.18. The summed E-state index contributed by atoms with van der Waals surface area (Å²) in [4.78, 5) is 13.7. The van der Waals surface area contributed by atoms with Gasteiger partial charge in [-0.05, 0) is 48.4 Å². The first-order valence-corrected chi connectivity index (χ1v) is 7.96. The molecule has 0 saturated carbocycles. The second-order valence-electron chi connectivity index (χ2n) is 5.21. The first-order chi connectivity index (χ1) is 10.3. The van der Waals surface area contributed by atoms with E-state index in [0.29, 0.717) is 0 Å². The van der Waals surface area contributed by atoms with Crippen LogP contribution in [0.3, 0.4) is 0 Å². The molecule has 0 saturated heterocycles. The molecule has 0 aliphatic heterocycles. The smallest absolute Gasteiger partial charge is 0.267 e. The Kier molecular flexibility index (Phi) is 2.97. The zero-order valence-corrected chi connectivity index (χ0v) is 12.3. The Balaban J connectivity index is 1.97. The minimum atomic E-state index is -0.0568. The summed E-state index contributed by atoms with van der Waals surface area (Å²) in [6.45, 7) is 0. The lowest BCUT2D eigenvalue weighted by Gasteiger charge is -2.10. The van der Waals surface area contributed by atoms with Crippen LogP contribution in [0.1, 0.15) is 16.9 Å². The molecule has 2 heterocycles. The van der Waals surface area contributed by atoms with E-state index in [2.05, 4.69) is 16.5 Å². The standard InChI is InChI=1S/C17H14N2OS/c20-16-11-12-5-4-8-15-14(9-10-21-15)17(12)18-19(16)13-6-2-1-3-7-13/h1-3,6-7,9-11H,4-5,8H2. The molecular weight excluding hydrogens is 280 g/mol. The summed E-state index contributed by atoms with van der Waals surface area (Å²) in [5, 5.41) is 6.78. The van der Waals surface area contributed by atoms with Crippen molar-refractivity contribution in [2.75, 3.05) is 0 Å². The molecule has 2 aromatic heterocycles. The van der Waals surface area contributed by atoms with E-state index in [4.69, 9.17) is 0 Å². The third kappa shape index (κ3) is 2.12. The number of hydrogen-bond donors (Lipinski definition) is 0. The molecule has 0 amide bonds. The summed E-state index contributed by atoms with van der Waals surface area (Å²) >= 11 is 1.78. The van der Waals surface area contributed by atoms with Crippen LogP contribution in [0.4, 0.5) is 0 Å². The van der Waals surface area contributed by atoms with Crippen LogP contribution in [0.2, 0.25) is 0 Å². The van der Waals surface area contributed by atoms with E-state index in [1.54, 1.807) is 17.4 Å². The van der Waals surface area contributed by atoms with Gasteiger partial charge < -0.3 is 0 Å². The Hall–Kier alpha value is -2.20. The Morgan fingerprint density at radius 3 is 2.81 bits per heavy atom. The Labute approximate surface area is 126 Å². The molecule has 1 aliphatic carbocycles. The predicted molar refractivity (Wildman–Crippen MR) is 85.2 cm³/mol. The van der Waals surface area contributed by atoms with Crippen molar-refractivity contribution in [3.63, 3.8) is 0 Å². The second-order valence-corrected chi connectivity index (χ2v) is 6.22. The fourth-order valence-corrected chi connectivity index (χ4v) is 3.77. The van der Waals surface area contributed by atoms with Gasteiger partial charge in [0.05, 0.1) is 11.4 Å². The first-order valence-electron chi connectivity index (χ1n) is 7.08. The molecule has 0 bridgehead atoms. The molecule has 1 aliphatic rings. The second kappa shape index (κ2) is 4.97. The van der Waals surface area contributed by atoms with Crippen molar-refractivity contribution in [2.45, 2.75) is 19.3 Å². The molecule has 1 aromatic carbocycles. The lowest BCUT2D eigenvalue weighted by Crippen LogP contribution is -2.22. The van der Waals surface area contributed by atoms with Gasteiger partial charge in [0.15, 0.2) is 0 Å².